The van der Waals surface area contributed by atoms with Crippen LogP contribution < -0.4 is 10.0 Å². The van der Waals surface area contributed by atoms with Crippen molar-refractivity contribution in [3.63, 3.8) is 0 Å². The number of hydrogen-bond donors (Lipinski definition) is 2. The zero-order valence-corrected chi connectivity index (χ0v) is 10.7. The Bertz CT molecular complexity index is 545. The molecule has 1 amide bonds. The van der Waals surface area contributed by atoms with Gasteiger partial charge in [-0.3, -0.25) is 10.0 Å². The average Bonchev–Trinajstić information content (AvgIpc) is 2.33. The zero-order valence-electron chi connectivity index (χ0n) is 9.86. The molecule has 18 heavy (non-hydrogen) atoms. The lowest BCUT2D eigenvalue weighted by atomic mass is 10.3. The van der Waals surface area contributed by atoms with Gasteiger partial charge in [0, 0.05) is 0 Å². The molecular weight excluding hydrogens is 263 g/mol. The zero-order chi connectivity index (χ0) is 13.8. The number of methoxy groups -OCH3 is 1. The van der Waals surface area contributed by atoms with Gasteiger partial charge in [-0.2, -0.15) is 0 Å². The van der Waals surface area contributed by atoms with Crippen molar-refractivity contribution in [1.29, 1.82) is 0 Å². The monoisotopic (exact) mass is 276 g/mol. The molecule has 1 aromatic carbocycles. The van der Waals surface area contributed by atoms with E-state index in [1.54, 1.807) is 0 Å². The van der Waals surface area contributed by atoms with E-state index in [1.807, 2.05) is 0 Å². The maximum absolute atomic E-state index is 13.3. The molecule has 0 radical (unpaired) electrons. The molecule has 1 aromatic rings. The summed E-state index contributed by atoms with van der Waals surface area (Å²) in [5, 5.41) is 2.13. The van der Waals surface area contributed by atoms with Crippen LogP contribution in [0.25, 0.3) is 0 Å². The lowest BCUT2D eigenvalue weighted by molar-refractivity contribution is 0.187. The van der Waals surface area contributed by atoms with Crippen molar-refractivity contribution >= 4 is 27.5 Å². The Morgan fingerprint density at radius 1 is 1.44 bits per heavy atom. The Balaban J connectivity index is 2.97. The van der Waals surface area contributed by atoms with Crippen molar-refractivity contribution in [2.24, 2.45) is 0 Å². The highest BCUT2D eigenvalue weighted by Gasteiger charge is 2.11. The molecule has 0 unspecified atom stereocenters. The van der Waals surface area contributed by atoms with Crippen LogP contribution >= 0.6 is 0 Å². The summed E-state index contributed by atoms with van der Waals surface area (Å²) in [5.41, 5.74) is -0.0113. The lowest BCUT2D eigenvalue weighted by Crippen LogP contribution is -2.16. The highest BCUT2D eigenvalue weighted by Crippen LogP contribution is 2.20. The molecule has 8 heteroatoms. The van der Waals surface area contributed by atoms with Crippen LogP contribution in [0.15, 0.2) is 18.2 Å². The first-order valence-corrected chi connectivity index (χ1v) is 6.68. The Kier molecular flexibility index (Phi) is 4.49. The molecule has 6 nitrogen and oxygen atoms in total. The number of ether oxygens (including phenoxy) is 1. The van der Waals surface area contributed by atoms with Gasteiger partial charge in [0.25, 0.3) is 0 Å². The van der Waals surface area contributed by atoms with Gasteiger partial charge in [0.15, 0.2) is 0 Å². The predicted octanol–water partition coefficient (Wildman–Crippen LogP) is 1.77. The molecule has 0 aliphatic heterocycles. The molecule has 0 saturated carbocycles. The summed E-state index contributed by atoms with van der Waals surface area (Å²) in [6, 6.07) is 3.46. The lowest BCUT2D eigenvalue weighted by Gasteiger charge is -2.09. The number of carbonyl (C=O) groups is 1. The fourth-order valence-electron chi connectivity index (χ4n) is 1.10. The Morgan fingerprint density at radius 3 is 2.67 bits per heavy atom. The standard InChI is InChI=1S/C10H13FN2O4S/c1-3-18(15,16)13-7-4-5-8(11)9(6-7)12-10(14)17-2/h4-6,13H,3H2,1-2H3,(H,12,14). The van der Waals surface area contributed by atoms with Crippen LogP contribution in [-0.2, 0) is 14.8 Å². The minimum atomic E-state index is -3.45. The summed E-state index contributed by atoms with van der Waals surface area (Å²) >= 11 is 0. The first-order chi connectivity index (χ1) is 8.38. The molecule has 0 saturated heterocycles. The number of rotatable bonds is 4. The largest absolute Gasteiger partial charge is 0.453 e. The van der Waals surface area contributed by atoms with Crippen molar-refractivity contribution < 1.29 is 22.3 Å². The van der Waals surface area contributed by atoms with Crippen molar-refractivity contribution in [3.05, 3.63) is 24.0 Å². The second-order valence-electron chi connectivity index (χ2n) is 3.32. The van der Waals surface area contributed by atoms with Crippen molar-refractivity contribution in [3.8, 4) is 0 Å². The first-order valence-electron chi connectivity index (χ1n) is 5.03. The fourth-order valence-corrected chi connectivity index (χ4v) is 1.73. The van der Waals surface area contributed by atoms with E-state index in [4.69, 9.17) is 0 Å². The number of amides is 1. The molecule has 0 aliphatic carbocycles. The van der Waals surface area contributed by atoms with Gasteiger partial charge in [0.05, 0.1) is 24.2 Å². The number of benzene rings is 1. The molecule has 1 rings (SSSR count). The topological polar surface area (TPSA) is 84.5 Å². The van der Waals surface area contributed by atoms with Gasteiger partial charge in [0.2, 0.25) is 10.0 Å². The van der Waals surface area contributed by atoms with E-state index >= 15 is 0 Å². The SMILES string of the molecule is CCS(=O)(=O)Nc1ccc(F)c(NC(=O)OC)c1. The van der Waals surface area contributed by atoms with Crippen molar-refractivity contribution in [2.45, 2.75) is 6.92 Å². The van der Waals surface area contributed by atoms with Crippen LogP contribution in [0, 0.1) is 5.82 Å². The minimum absolute atomic E-state index is 0.107. The van der Waals surface area contributed by atoms with Crippen LogP contribution in [0.3, 0.4) is 0 Å². The van der Waals surface area contributed by atoms with E-state index in [9.17, 15) is 17.6 Å². The Labute approximate surface area is 104 Å². The number of halogens is 1. The van der Waals surface area contributed by atoms with Crippen molar-refractivity contribution in [1.82, 2.24) is 0 Å². The minimum Gasteiger partial charge on any atom is -0.453 e. The predicted molar refractivity (Wildman–Crippen MR) is 65.5 cm³/mol. The van der Waals surface area contributed by atoms with Gasteiger partial charge in [-0.25, -0.2) is 17.6 Å². The van der Waals surface area contributed by atoms with Gasteiger partial charge in [-0.1, -0.05) is 0 Å². The van der Waals surface area contributed by atoms with E-state index < -0.39 is 21.9 Å². The molecule has 0 aliphatic rings. The maximum atomic E-state index is 13.3. The summed E-state index contributed by atoms with van der Waals surface area (Å²) in [5.74, 6) is -0.802. The highest BCUT2D eigenvalue weighted by atomic mass is 32.2. The summed E-state index contributed by atoms with van der Waals surface area (Å²) in [4.78, 5) is 10.9. The molecule has 100 valence electrons. The summed E-state index contributed by atoms with van der Waals surface area (Å²) in [6.45, 7) is 1.47. The molecule has 0 spiro atoms. The van der Waals surface area contributed by atoms with E-state index in [1.165, 1.54) is 19.1 Å². The second-order valence-corrected chi connectivity index (χ2v) is 5.33. The molecule has 0 aromatic heterocycles. The van der Waals surface area contributed by atoms with E-state index in [2.05, 4.69) is 14.8 Å². The van der Waals surface area contributed by atoms with Gasteiger partial charge < -0.3 is 4.74 Å². The average molecular weight is 276 g/mol. The van der Waals surface area contributed by atoms with E-state index in [-0.39, 0.29) is 17.1 Å². The quantitative estimate of drug-likeness (QED) is 0.877. The third-order valence-corrected chi connectivity index (χ3v) is 3.35. The number of anilines is 2. The van der Waals surface area contributed by atoms with E-state index in [0.29, 0.717) is 0 Å². The Hall–Kier alpha value is -1.83. The number of sulfonamides is 1. The normalized spacial score (nSPS) is 10.8. The molecule has 0 heterocycles. The maximum Gasteiger partial charge on any atom is 0.411 e. The van der Waals surface area contributed by atoms with E-state index in [0.717, 1.165) is 13.2 Å². The molecule has 0 fully saturated rings. The summed E-state index contributed by atoms with van der Waals surface area (Å²) < 4.78 is 42.5. The highest BCUT2D eigenvalue weighted by molar-refractivity contribution is 7.92. The van der Waals surface area contributed by atoms with Crippen LogP contribution in [0.2, 0.25) is 0 Å². The van der Waals surface area contributed by atoms with Crippen LogP contribution in [0.5, 0.6) is 0 Å². The van der Waals surface area contributed by atoms with Crippen LogP contribution in [-0.4, -0.2) is 27.4 Å². The van der Waals surface area contributed by atoms with Gasteiger partial charge in [0.1, 0.15) is 5.82 Å². The smallest absolute Gasteiger partial charge is 0.411 e. The summed E-state index contributed by atoms with van der Waals surface area (Å²) in [6.07, 6.45) is -0.843. The van der Waals surface area contributed by atoms with Crippen LogP contribution in [0.4, 0.5) is 20.6 Å². The van der Waals surface area contributed by atoms with Gasteiger partial charge in [-0.05, 0) is 25.1 Å². The fraction of sp³-hybridized carbons (Fsp3) is 0.300. The molecule has 0 bridgehead atoms. The molecule has 2 N–H and O–H groups in total. The second kappa shape index (κ2) is 5.67. The molecule has 0 atom stereocenters. The Morgan fingerprint density at radius 2 is 2.11 bits per heavy atom. The third kappa shape index (κ3) is 3.88. The first kappa shape index (κ1) is 14.2. The number of carbonyl (C=O) groups excluding carboxylic acids is 1. The molecular formula is C10H13FN2O4S. The van der Waals surface area contributed by atoms with Gasteiger partial charge in [-0.15, -0.1) is 0 Å². The number of nitrogens with one attached hydrogen (secondary N) is 2. The van der Waals surface area contributed by atoms with Crippen LogP contribution in [0.1, 0.15) is 6.92 Å². The summed E-state index contributed by atoms with van der Waals surface area (Å²) in [7, 11) is -2.32. The number of hydrogen-bond acceptors (Lipinski definition) is 4. The van der Waals surface area contributed by atoms with Crippen molar-refractivity contribution in [2.75, 3.05) is 22.9 Å². The van der Waals surface area contributed by atoms with Gasteiger partial charge >= 0.3 is 6.09 Å². The third-order valence-electron chi connectivity index (χ3n) is 2.04.